The molecule has 2 fully saturated rings. The predicted molar refractivity (Wildman–Crippen MR) is 126 cm³/mol. The van der Waals surface area contributed by atoms with Gasteiger partial charge in [-0.1, -0.05) is 43.5 Å². The Morgan fingerprint density at radius 3 is 2.65 bits per heavy atom. The third-order valence-corrected chi connectivity index (χ3v) is 8.02. The number of carbonyl (C=O) groups excluding carboxylic acids is 2. The monoisotopic (exact) mass is 457 g/mol. The van der Waals surface area contributed by atoms with Crippen LogP contribution in [0.2, 0.25) is 0 Å². The molecule has 174 valence electrons. The van der Waals surface area contributed by atoms with Crippen LogP contribution in [0.5, 0.6) is 11.5 Å². The van der Waals surface area contributed by atoms with Gasteiger partial charge < -0.3 is 24.3 Å². The number of nitrogens with one attached hydrogen (secondary N) is 1. The van der Waals surface area contributed by atoms with Gasteiger partial charge in [0, 0.05) is 29.1 Å². The van der Waals surface area contributed by atoms with Gasteiger partial charge in [0.1, 0.15) is 12.6 Å². The lowest BCUT2D eigenvalue weighted by Crippen LogP contribution is -2.65. The zero-order valence-corrected chi connectivity index (χ0v) is 19.0. The molecule has 0 spiro atoms. The number of aromatic nitrogens is 1. The third kappa shape index (κ3) is 2.89. The summed E-state index contributed by atoms with van der Waals surface area (Å²) in [6.07, 6.45) is 6.00. The molecule has 1 saturated carbocycles. The normalized spacial score (nSPS) is 24.5. The minimum atomic E-state index is -0.495. The number of para-hydroxylation sites is 1. The van der Waals surface area contributed by atoms with Crippen molar-refractivity contribution in [1.29, 1.82) is 0 Å². The molecule has 1 aromatic heterocycles. The molecule has 1 saturated heterocycles. The van der Waals surface area contributed by atoms with Gasteiger partial charge in [-0.05, 0) is 42.2 Å². The van der Waals surface area contributed by atoms with E-state index < -0.39 is 6.04 Å². The fourth-order valence-electron chi connectivity index (χ4n) is 6.42. The van der Waals surface area contributed by atoms with Gasteiger partial charge in [0.15, 0.2) is 11.5 Å². The van der Waals surface area contributed by atoms with E-state index in [4.69, 9.17) is 9.47 Å². The van der Waals surface area contributed by atoms with Gasteiger partial charge in [-0.15, -0.1) is 0 Å². The Kier molecular flexibility index (Phi) is 4.41. The van der Waals surface area contributed by atoms with Crippen molar-refractivity contribution in [3.8, 4) is 11.5 Å². The summed E-state index contributed by atoms with van der Waals surface area (Å²) in [6.45, 7) is 0.359. The van der Waals surface area contributed by atoms with Crippen molar-refractivity contribution < 1.29 is 19.1 Å². The second-order valence-electron chi connectivity index (χ2n) is 9.86. The van der Waals surface area contributed by atoms with Crippen LogP contribution in [-0.4, -0.2) is 52.0 Å². The molecule has 4 heterocycles. The van der Waals surface area contributed by atoms with Crippen LogP contribution >= 0.6 is 0 Å². The molecule has 0 radical (unpaired) electrons. The number of hydrogen-bond donors (Lipinski definition) is 1. The highest BCUT2D eigenvalue weighted by Gasteiger charge is 2.49. The maximum absolute atomic E-state index is 13.9. The van der Waals surface area contributed by atoms with E-state index in [-0.39, 0.29) is 37.2 Å². The van der Waals surface area contributed by atoms with Crippen LogP contribution in [0.1, 0.15) is 55.0 Å². The van der Waals surface area contributed by atoms with Crippen molar-refractivity contribution in [1.82, 2.24) is 14.8 Å². The fourth-order valence-corrected chi connectivity index (χ4v) is 6.42. The molecule has 3 aliphatic heterocycles. The molecule has 0 bridgehead atoms. The minimum absolute atomic E-state index is 0.0159. The Morgan fingerprint density at radius 1 is 0.941 bits per heavy atom. The van der Waals surface area contributed by atoms with Crippen molar-refractivity contribution in [3.05, 3.63) is 59.3 Å². The molecular weight excluding hydrogens is 430 g/mol. The summed E-state index contributed by atoms with van der Waals surface area (Å²) in [4.78, 5) is 34.9. The quantitative estimate of drug-likeness (QED) is 0.633. The van der Waals surface area contributed by atoms with Crippen molar-refractivity contribution in [2.24, 2.45) is 0 Å². The van der Waals surface area contributed by atoms with Crippen LogP contribution in [0.15, 0.2) is 42.5 Å². The Hall–Kier alpha value is -3.48. The van der Waals surface area contributed by atoms with Crippen molar-refractivity contribution in [3.63, 3.8) is 0 Å². The Morgan fingerprint density at radius 2 is 1.76 bits per heavy atom. The first-order valence-electron chi connectivity index (χ1n) is 12.3. The second kappa shape index (κ2) is 7.52. The Labute approximate surface area is 197 Å². The average molecular weight is 458 g/mol. The fraction of sp³-hybridized carbons (Fsp3) is 0.407. The highest BCUT2D eigenvalue weighted by molar-refractivity contribution is 5.98. The maximum atomic E-state index is 13.9. The second-order valence-corrected chi connectivity index (χ2v) is 9.86. The van der Waals surface area contributed by atoms with E-state index in [1.54, 1.807) is 0 Å². The molecule has 1 aliphatic carbocycles. The van der Waals surface area contributed by atoms with Gasteiger partial charge in [-0.2, -0.15) is 0 Å². The zero-order chi connectivity index (χ0) is 22.8. The van der Waals surface area contributed by atoms with Gasteiger partial charge in [-0.3, -0.25) is 9.59 Å². The van der Waals surface area contributed by atoms with E-state index >= 15 is 0 Å². The van der Waals surface area contributed by atoms with Crippen molar-refractivity contribution in [2.75, 3.05) is 13.3 Å². The summed E-state index contributed by atoms with van der Waals surface area (Å²) in [7, 11) is 0. The first kappa shape index (κ1) is 19.9. The van der Waals surface area contributed by atoms with Gasteiger partial charge in [0.05, 0.1) is 6.04 Å². The molecule has 2 aromatic carbocycles. The van der Waals surface area contributed by atoms with Gasteiger partial charge in [-0.25, -0.2) is 0 Å². The lowest BCUT2D eigenvalue weighted by Gasteiger charge is -2.49. The first-order valence-corrected chi connectivity index (χ1v) is 12.3. The standard InChI is InChI=1S/C27H27N3O4/c31-24-14-29(17-6-2-1-3-7-17)27(32)21-13-19-18-8-4-5-9-20(18)28-25(19)26(30(21)24)16-10-11-22-23(12-16)34-15-33-22/h4-5,8-12,17,21,26,28H,1-3,6-7,13-15H2/t21-,26+/m1/s1. The van der Waals surface area contributed by atoms with Crippen LogP contribution in [0, 0.1) is 0 Å². The molecule has 0 unspecified atom stereocenters. The number of rotatable bonds is 2. The molecule has 34 heavy (non-hydrogen) atoms. The smallest absolute Gasteiger partial charge is 0.246 e. The Balaban J connectivity index is 1.37. The predicted octanol–water partition coefficient (Wildman–Crippen LogP) is 3.91. The molecule has 1 N–H and O–H groups in total. The summed E-state index contributed by atoms with van der Waals surface area (Å²) in [5.41, 5.74) is 4.07. The molecule has 7 nitrogen and oxygen atoms in total. The number of H-pyrrole nitrogens is 1. The van der Waals surface area contributed by atoms with Crippen LogP contribution < -0.4 is 9.47 Å². The summed E-state index contributed by atoms with van der Waals surface area (Å²) < 4.78 is 11.2. The molecule has 7 rings (SSSR count). The van der Waals surface area contributed by atoms with E-state index in [9.17, 15) is 9.59 Å². The highest BCUT2D eigenvalue weighted by Crippen LogP contribution is 2.45. The van der Waals surface area contributed by atoms with Crippen LogP contribution in [-0.2, 0) is 16.0 Å². The van der Waals surface area contributed by atoms with Crippen LogP contribution in [0.4, 0.5) is 0 Å². The number of fused-ring (bicyclic) bond motifs is 5. The number of piperazine rings is 1. The molecule has 2 amide bonds. The lowest BCUT2D eigenvalue weighted by atomic mass is 9.85. The van der Waals surface area contributed by atoms with Crippen LogP contribution in [0.3, 0.4) is 0 Å². The molecule has 4 aliphatic rings. The summed E-state index contributed by atoms with van der Waals surface area (Å²) in [5.74, 6) is 1.49. The number of hydrogen-bond acceptors (Lipinski definition) is 4. The van der Waals surface area contributed by atoms with Gasteiger partial charge in [0.25, 0.3) is 0 Å². The number of nitrogens with zero attached hydrogens (tertiary/aromatic N) is 2. The van der Waals surface area contributed by atoms with E-state index in [1.165, 1.54) is 6.42 Å². The van der Waals surface area contributed by atoms with Crippen molar-refractivity contribution in [2.45, 2.75) is 56.7 Å². The Bertz CT molecular complexity index is 1310. The largest absolute Gasteiger partial charge is 0.454 e. The third-order valence-electron chi connectivity index (χ3n) is 8.02. The molecule has 2 atom stereocenters. The van der Waals surface area contributed by atoms with E-state index in [0.717, 1.165) is 53.4 Å². The first-order chi connectivity index (χ1) is 16.7. The van der Waals surface area contributed by atoms with E-state index in [1.807, 2.05) is 40.1 Å². The molecule has 7 heteroatoms. The SMILES string of the molecule is O=C1[C@H]2Cc3c([nH]c4ccccc34)[C@H](c3ccc4c(c3)OCO4)N2C(=O)CN1C1CCCCC1. The maximum Gasteiger partial charge on any atom is 0.246 e. The number of carbonyl (C=O) groups is 2. The van der Waals surface area contributed by atoms with E-state index in [2.05, 4.69) is 17.1 Å². The minimum Gasteiger partial charge on any atom is -0.454 e. The summed E-state index contributed by atoms with van der Waals surface area (Å²) in [5, 5.41) is 1.12. The topological polar surface area (TPSA) is 74.9 Å². The number of amides is 2. The molecule has 3 aromatic rings. The average Bonchev–Trinajstić information content (AvgIpc) is 3.49. The van der Waals surface area contributed by atoms with Gasteiger partial charge >= 0.3 is 0 Å². The number of benzene rings is 2. The van der Waals surface area contributed by atoms with Gasteiger partial charge in [0.2, 0.25) is 18.6 Å². The van der Waals surface area contributed by atoms with Crippen molar-refractivity contribution >= 4 is 22.7 Å². The zero-order valence-electron chi connectivity index (χ0n) is 19.0. The summed E-state index contributed by atoms with van der Waals surface area (Å²) >= 11 is 0. The number of aromatic amines is 1. The molecular formula is C27H27N3O4. The van der Waals surface area contributed by atoms with Crippen LogP contribution in [0.25, 0.3) is 10.9 Å². The highest BCUT2D eigenvalue weighted by atomic mass is 16.7. The lowest BCUT2D eigenvalue weighted by molar-refractivity contribution is -0.161. The number of ether oxygens (including phenoxy) is 2. The van der Waals surface area contributed by atoms with E-state index in [0.29, 0.717) is 17.9 Å². The summed E-state index contributed by atoms with van der Waals surface area (Å²) in [6, 6.07) is 13.3.